The van der Waals surface area contributed by atoms with E-state index in [2.05, 4.69) is 26.2 Å². The van der Waals surface area contributed by atoms with Crippen LogP contribution < -0.4 is 5.32 Å². The molecule has 0 aliphatic carbocycles. The van der Waals surface area contributed by atoms with Crippen molar-refractivity contribution in [1.82, 2.24) is 4.98 Å². The number of aryl methyl sites for hydroxylation is 1. The van der Waals surface area contributed by atoms with Gasteiger partial charge in [0.15, 0.2) is 0 Å². The van der Waals surface area contributed by atoms with Crippen LogP contribution in [0.4, 0.5) is 5.69 Å². The maximum absolute atomic E-state index is 11.9. The van der Waals surface area contributed by atoms with E-state index >= 15 is 0 Å². The fraction of sp³-hybridized carbons (Fsp3) is 0.0769. The number of carbonyl (C=O) groups excluding carboxylic acids is 1. The Bertz CT molecular complexity index is 584. The van der Waals surface area contributed by atoms with Gasteiger partial charge in [0.05, 0.1) is 11.3 Å². The van der Waals surface area contributed by atoms with Crippen LogP contribution in [0.15, 0.2) is 41.0 Å². The molecule has 0 aliphatic rings. The highest BCUT2D eigenvalue weighted by atomic mass is 79.9. The van der Waals surface area contributed by atoms with E-state index in [4.69, 9.17) is 11.6 Å². The largest absolute Gasteiger partial charge is 0.321 e. The second-order valence-electron chi connectivity index (χ2n) is 3.81. The SMILES string of the molecule is Cc1ccc(NC(=O)c2ccc(Cl)nc2)c(Br)c1. The monoisotopic (exact) mass is 324 g/mol. The maximum atomic E-state index is 11.9. The first-order chi connectivity index (χ1) is 8.56. The van der Waals surface area contributed by atoms with E-state index in [-0.39, 0.29) is 5.91 Å². The van der Waals surface area contributed by atoms with Gasteiger partial charge in [-0.3, -0.25) is 4.79 Å². The Kier molecular flexibility index (Phi) is 3.99. The first-order valence-corrected chi connectivity index (χ1v) is 6.42. The molecule has 0 aliphatic heterocycles. The van der Waals surface area contributed by atoms with Gasteiger partial charge in [-0.1, -0.05) is 17.7 Å². The van der Waals surface area contributed by atoms with Crippen LogP contribution in [0.5, 0.6) is 0 Å². The molecule has 18 heavy (non-hydrogen) atoms. The first kappa shape index (κ1) is 13.1. The summed E-state index contributed by atoms with van der Waals surface area (Å²) >= 11 is 9.08. The number of amides is 1. The van der Waals surface area contributed by atoms with E-state index in [1.165, 1.54) is 6.20 Å². The molecule has 92 valence electrons. The molecule has 3 nitrogen and oxygen atoms in total. The van der Waals surface area contributed by atoms with Gasteiger partial charge in [-0.2, -0.15) is 0 Å². The number of hydrogen-bond acceptors (Lipinski definition) is 2. The molecule has 0 fully saturated rings. The van der Waals surface area contributed by atoms with Crippen LogP contribution >= 0.6 is 27.5 Å². The Morgan fingerprint density at radius 2 is 2.11 bits per heavy atom. The minimum atomic E-state index is -0.219. The molecule has 0 saturated heterocycles. The Balaban J connectivity index is 2.18. The van der Waals surface area contributed by atoms with Crippen molar-refractivity contribution in [3.63, 3.8) is 0 Å². The molecule has 1 aromatic heterocycles. The number of halogens is 2. The Morgan fingerprint density at radius 3 is 2.72 bits per heavy atom. The third-order valence-electron chi connectivity index (χ3n) is 2.36. The maximum Gasteiger partial charge on any atom is 0.257 e. The number of nitrogens with one attached hydrogen (secondary N) is 1. The summed E-state index contributed by atoms with van der Waals surface area (Å²) in [5.41, 5.74) is 2.31. The lowest BCUT2D eigenvalue weighted by Gasteiger charge is -2.07. The van der Waals surface area contributed by atoms with Gasteiger partial charge in [0.2, 0.25) is 0 Å². The van der Waals surface area contributed by atoms with E-state index in [0.717, 1.165) is 15.7 Å². The van der Waals surface area contributed by atoms with Gasteiger partial charge in [0.1, 0.15) is 5.15 Å². The molecular formula is C13H10BrClN2O. The molecule has 2 rings (SSSR count). The minimum Gasteiger partial charge on any atom is -0.321 e. The number of pyridine rings is 1. The molecule has 2 aromatic rings. The third kappa shape index (κ3) is 3.09. The zero-order chi connectivity index (χ0) is 13.1. The van der Waals surface area contributed by atoms with Gasteiger partial charge < -0.3 is 5.32 Å². The summed E-state index contributed by atoms with van der Waals surface area (Å²) in [7, 11) is 0. The second kappa shape index (κ2) is 5.50. The van der Waals surface area contributed by atoms with Crippen LogP contribution in [-0.4, -0.2) is 10.9 Å². The highest BCUT2D eigenvalue weighted by Crippen LogP contribution is 2.23. The van der Waals surface area contributed by atoms with E-state index in [9.17, 15) is 4.79 Å². The molecule has 0 unspecified atom stereocenters. The summed E-state index contributed by atoms with van der Waals surface area (Å²) in [5, 5.41) is 3.17. The van der Waals surface area contributed by atoms with Crippen molar-refractivity contribution in [3.05, 3.63) is 57.3 Å². The van der Waals surface area contributed by atoms with Crippen molar-refractivity contribution in [2.45, 2.75) is 6.92 Å². The number of nitrogens with zero attached hydrogens (tertiary/aromatic N) is 1. The molecule has 0 bridgehead atoms. The zero-order valence-electron chi connectivity index (χ0n) is 9.58. The Hall–Kier alpha value is -1.39. The van der Waals surface area contributed by atoms with Crippen molar-refractivity contribution in [2.75, 3.05) is 5.32 Å². The van der Waals surface area contributed by atoms with Gasteiger partial charge in [-0.05, 0) is 52.7 Å². The quantitative estimate of drug-likeness (QED) is 0.846. The summed E-state index contributed by atoms with van der Waals surface area (Å²) in [6.45, 7) is 1.99. The zero-order valence-corrected chi connectivity index (χ0v) is 11.9. The van der Waals surface area contributed by atoms with Gasteiger partial charge in [0, 0.05) is 10.7 Å². The third-order valence-corrected chi connectivity index (χ3v) is 3.24. The van der Waals surface area contributed by atoms with E-state index in [1.807, 2.05) is 25.1 Å². The highest BCUT2D eigenvalue weighted by molar-refractivity contribution is 9.10. The number of anilines is 1. The van der Waals surface area contributed by atoms with Gasteiger partial charge in [0.25, 0.3) is 5.91 Å². The van der Waals surface area contributed by atoms with Gasteiger partial charge >= 0.3 is 0 Å². The van der Waals surface area contributed by atoms with Crippen molar-refractivity contribution >= 4 is 39.1 Å². The topological polar surface area (TPSA) is 42.0 Å². The average molecular weight is 326 g/mol. The normalized spacial score (nSPS) is 10.2. The van der Waals surface area contributed by atoms with Crippen molar-refractivity contribution in [2.24, 2.45) is 0 Å². The number of hydrogen-bond donors (Lipinski definition) is 1. The number of rotatable bonds is 2. The van der Waals surface area contributed by atoms with Crippen molar-refractivity contribution in [3.8, 4) is 0 Å². The second-order valence-corrected chi connectivity index (χ2v) is 5.05. The molecule has 0 saturated carbocycles. The molecule has 0 atom stereocenters. The van der Waals surface area contributed by atoms with Crippen molar-refractivity contribution in [1.29, 1.82) is 0 Å². The molecule has 1 amide bonds. The minimum absolute atomic E-state index is 0.219. The molecule has 0 radical (unpaired) electrons. The number of aromatic nitrogens is 1. The highest BCUT2D eigenvalue weighted by Gasteiger charge is 2.08. The van der Waals surface area contributed by atoms with Gasteiger partial charge in [-0.15, -0.1) is 0 Å². The Labute approximate surface area is 118 Å². The van der Waals surface area contributed by atoms with Crippen LogP contribution in [0.1, 0.15) is 15.9 Å². The van der Waals surface area contributed by atoms with Crippen LogP contribution in [0.25, 0.3) is 0 Å². The fourth-order valence-electron chi connectivity index (χ4n) is 1.43. The molecule has 1 N–H and O–H groups in total. The van der Waals surface area contributed by atoms with Crippen LogP contribution in [-0.2, 0) is 0 Å². The summed E-state index contributed by atoms with van der Waals surface area (Å²) in [5.74, 6) is -0.219. The molecule has 1 aromatic carbocycles. The summed E-state index contributed by atoms with van der Waals surface area (Å²) < 4.78 is 0.845. The first-order valence-electron chi connectivity index (χ1n) is 5.25. The smallest absolute Gasteiger partial charge is 0.257 e. The van der Waals surface area contributed by atoms with Crippen LogP contribution in [0, 0.1) is 6.92 Å². The predicted octanol–water partition coefficient (Wildman–Crippen LogP) is 4.06. The summed E-state index contributed by atoms with van der Waals surface area (Å²) in [6, 6.07) is 8.93. The lowest BCUT2D eigenvalue weighted by molar-refractivity contribution is 0.102. The van der Waals surface area contributed by atoms with E-state index in [1.54, 1.807) is 12.1 Å². The van der Waals surface area contributed by atoms with Crippen LogP contribution in [0.2, 0.25) is 5.15 Å². The van der Waals surface area contributed by atoms with Gasteiger partial charge in [-0.25, -0.2) is 4.98 Å². The number of carbonyl (C=O) groups is 1. The molecule has 5 heteroatoms. The molecule has 0 spiro atoms. The Morgan fingerprint density at radius 1 is 1.33 bits per heavy atom. The van der Waals surface area contributed by atoms with E-state index < -0.39 is 0 Å². The summed E-state index contributed by atoms with van der Waals surface area (Å²) in [6.07, 6.45) is 1.44. The summed E-state index contributed by atoms with van der Waals surface area (Å²) in [4.78, 5) is 15.8. The predicted molar refractivity (Wildman–Crippen MR) is 76.1 cm³/mol. The standard InChI is InChI=1S/C13H10BrClN2O/c1-8-2-4-11(10(14)6-8)17-13(18)9-3-5-12(15)16-7-9/h2-7H,1H3,(H,17,18). The van der Waals surface area contributed by atoms with E-state index in [0.29, 0.717) is 10.7 Å². The van der Waals surface area contributed by atoms with Crippen molar-refractivity contribution < 1.29 is 4.79 Å². The molecular weight excluding hydrogens is 316 g/mol. The lowest BCUT2D eigenvalue weighted by Crippen LogP contribution is -2.12. The molecule has 1 heterocycles. The average Bonchev–Trinajstić information content (AvgIpc) is 2.33. The lowest BCUT2D eigenvalue weighted by atomic mass is 10.2. The fourth-order valence-corrected chi connectivity index (χ4v) is 2.13. The van der Waals surface area contributed by atoms with Crippen LogP contribution in [0.3, 0.4) is 0 Å². The number of benzene rings is 1.